The Morgan fingerprint density at radius 2 is 2.26 bits per heavy atom. The SMILES string of the molecule is NC(=O)c1c(-c2ccsc2)noc1NC(=O)C1CC1. The lowest BCUT2D eigenvalue weighted by Gasteiger charge is -2.01. The van der Waals surface area contributed by atoms with Crippen LogP contribution < -0.4 is 11.1 Å². The average Bonchev–Trinajstić information content (AvgIpc) is 2.92. The van der Waals surface area contributed by atoms with Crippen LogP contribution in [0.1, 0.15) is 23.2 Å². The number of thiophene rings is 1. The van der Waals surface area contributed by atoms with Crippen LogP contribution in [0.15, 0.2) is 21.3 Å². The van der Waals surface area contributed by atoms with E-state index >= 15 is 0 Å². The van der Waals surface area contributed by atoms with Crippen molar-refractivity contribution >= 4 is 29.0 Å². The molecular weight excluding hydrogens is 266 g/mol. The Morgan fingerprint density at radius 1 is 1.47 bits per heavy atom. The molecule has 1 saturated carbocycles. The predicted molar refractivity (Wildman–Crippen MR) is 69.7 cm³/mol. The van der Waals surface area contributed by atoms with Gasteiger partial charge in [-0.15, -0.1) is 0 Å². The first-order valence-corrected chi connectivity index (χ1v) is 6.74. The van der Waals surface area contributed by atoms with Crippen molar-refractivity contribution in [2.75, 3.05) is 5.32 Å². The Labute approximate surface area is 112 Å². The molecular formula is C12H11N3O3S. The summed E-state index contributed by atoms with van der Waals surface area (Å²) in [5.41, 5.74) is 6.57. The van der Waals surface area contributed by atoms with E-state index in [1.807, 2.05) is 10.8 Å². The molecule has 0 bridgehead atoms. The molecule has 1 fully saturated rings. The number of aromatic nitrogens is 1. The summed E-state index contributed by atoms with van der Waals surface area (Å²) >= 11 is 1.47. The molecule has 0 aromatic carbocycles. The van der Waals surface area contributed by atoms with E-state index in [0.29, 0.717) is 5.69 Å². The molecule has 19 heavy (non-hydrogen) atoms. The Balaban J connectivity index is 1.96. The molecule has 1 aliphatic rings. The number of amides is 2. The summed E-state index contributed by atoms with van der Waals surface area (Å²) in [6, 6.07) is 1.81. The van der Waals surface area contributed by atoms with Crippen LogP contribution in [0, 0.1) is 5.92 Å². The number of hydrogen-bond acceptors (Lipinski definition) is 5. The maximum atomic E-state index is 11.7. The van der Waals surface area contributed by atoms with Gasteiger partial charge in [-0.25, -0.2) is 0 Å². The summed E-state index contributed by atoms with van der Waals surface area (Å²) in [6.45, 7) is 0. The average molecular weight is 277 g/mol. The van der Waals surface area contributed by atoms with Crippen LogP contribution in [-0.2, 0) is 4.79 Å². The highest BCUT2D eigenvalue weighted by Crippen LogP contribution is 2.33. The first-order chi connectivity index (χ1) is 9.16. The molecule has 3 rings (SSSR count). The lowest BCUT2D eigenvalue weighted by molar-refractivity contribution is -0.117. The van der Waals surface area contributed by atoms with Gasteiger partial charge in [-0.2, -0.15) is 11.3 Å². The van der Waals surface area contributed by atoms with Crippen molar-refractivity contribution in [1.29, 1.82) is 0 Å². The highest BCUT2D eigenvalue weighted by Gasteiger charge is 2.32. The maximum absolute atomic E-state index is 11.7. The summed E-state index contributed by atoms with van der Waals surface area (Å²) in [6.07, 6.45) is 1.73. The second-order valence-corrected chi connectivity index (χ2v) is 5.16. The van der Waals surface area contributed by atoms with E-state index in [9.17, 15) is 9.59 Å². The number of anilines is 1. The van der Waals surface area contributed by atoms with Crippen molar-refractivity contribution < 1.29 is 14.1 Å². The normalized spacial score (nSPS) is 14.3. The molecule has 2 aromatic rings. The van der Waals surface area contributed by atoms with Gasteiger partial charge >= 0.3 is 0 Å². The van der Waals surface area contributed by atoms with E-state index in [-0.39, 0.29) is 23.3 Å². The minimum Gasteiger partial charge on any atom is -0.365 e. The molecule has 0 aliphatic heterocycles. The molecule has 2 aromatic heterocycles. The van der Waals surface area contributed by atoms with Crippen LogP contribution in [0.4, 0.5) is 5.88 Å². The first kappa shape index (κ1) is 11.9. The van der Waals surface area contributed by atoms with Gasteiger partial charge in [-0.05, 0) is 24.3 Å². The first-order valence-electron chi connectivity index (χ1n) is 5.79. The number of carbonyl (C=O) groups is 2. The number of carbonyl (C=O) groups excluding carboxylic acids is 2. The van der Waals surface area contributed by atoms with Crippen LogP contribution in [0.5, 0.6) is 0 Å². The van der Waals surface area contributed by atoms with Gasteiger partial charge in [-0.3, -0.25) is 14.9 Å². The molecule has 0 spiro atoms. The van der Waals surface area contributed by atoms with Crippen molar-refractivity contribution in [2.45, 2.75) is 12.8 Å². The molecule has 0 atom stereocenters. The zero-order chi connectivity index (χ0) is 13.4. The van der Waals surface area contributed by atoms with E-state index in [0.717, 1.165) is 18.4 Å². The van der Waals surface area contributed by atoms with Gasteiger partial charge in [-0.1, -0.05) is 5.16 Å². The van der Waals surface area contributed by atoms with Crippen molar-refractivity contribution in [2.24, 2.45) is 11.7 Å². The minimum absolute atomic E-state index is 0.00965. The van der Waals surface area contributed by atoms with E-state index < -0.39 is 5.91 Å². The Morgan fingerprint density at radius 3 is 2.84 bits per heavy atom. The highest BCUT2D eigenvalue weighted by molar-refractivity contribution is 7.08. The van der Waals surface area contributed by atoms with E-state index in [2.05, 4.69) is 10.5 Å². The highest BCUT2D eigenvalue weighted by atomic mass is 32.1. The van der Waals surface area contributed by atoms with Crippen LogP contribution >= 0.6 is 11.3 Å². The second-order valence-electron chi connectivity index (χ2n) is 4.38. The number of nitrogens with two attached hydrogens (primary N) is 1. The molecule has 98 valence electrons. The maximum Gasteiger partial charge on any atom is 0.256 e. The number of nitrogens with zero attached hydrogens (tertiary/aromatic N) is 1. The van der Waals surface area contributed by atoms with Gasteiger partial charge in [0.25, 0.3) is 5.91 Å². The monoisotopic (exact) mass is 277 g/mol. The summed E-state index contributed by atoms with van der Waals surface area (Å²) in [5, 5.41) is 10.1. The lowest BCUT2D eigenvalue weighted by atomic mass is 10.1. The molecule has 2 heterocycles. The molecule has 0 radical (unpaired) electrons. The lowest BCUT2D eigenvalue weighted by Crippen LogP contribution is -2.18. The number of rotatable bonds is 4. The number of nitrogens with one attached hydrogen (secondary N) is 1. The van der Waals surface area contributed by atoms with Gasteiger partial charge in [0.1, 0.15) is 11.3 Å². The fourth-order valence-electron chi connectivity index (χ4n) is 1.76. The summed E-state index contributed by atoms with van der Waals surface area (Å²) in [7, 11) is 0. The predicted octanol–water partition coefficient (Wildman–Crippen LogP) is 1.85. The molecule has 2 amide bonds. The van der Waals surface area contributed by atoms with Crippen LogP contribution in [0.25, 0.3) is 11.3 Å². The third kappa shape index (κ3) is 2.24. The van der Waals surface area contributed by atoms with Crippen molar-refractivity contribution in [3.63, 3.8) is 0 Å². The van der Waals surface area contributed by atoms with E-state index in [1.54, 1.807) is 6.07 Å². The molecule has 3 N–H and O–H groups in total. The zero-order valence-corrected chi connectivity index (χ0v) is 10.7. The third-order valence-corrected chi connectivity index (χ3v) is 3.60. The Kier molecular flexibility index (Phi) is 2.83. The Bertz CT molecular complexity index is 629. The summed E-state index contributed by atoms with van der Waals surface area (Å²) in [4.78, 5) is 23.2. The van der Waals surface area contributed by atoms with Gasteiger partial charge in [0.2, 0.25) is 11.8 Å². The largest absolute Gasteiger partial charge is 0.365 e. The van der Waals surface area contributed by atoms with Crippen molar-refractivity contribution in [1.82, 2.24) is 5.16 Å². The van der Waals surface area contributed by atoms with Crippen molar-refractivity contribution in [3.05, 3.63) is 22.4 Å². The summed E-state index contributed by atoms with van der Waals surface area (Å²) in [5.74, 6) is -0.787. The summed E-state index contributed by atoms with van der Waals surface area (Å²) < 4.78 is 5.05. The van der Waals surface area contributed by atoms with Gasteiger partial charge in [0.15, 0.2) is 0 Å². The molecule has 0 unspecified atom stereocenters. The molecule has 0 saturated heterocycles. The number of hydrogen-bond donors (Lipinski definition) is 2. The quantitative estimate of drug-likeness (QED) is 0.891. The minimum atomic E-state index is -0.673. The fourth-order valence-corrected chi connectivity index (χ4v) is 2.40. The van der Waals surface area contributed by atoms with Crippen molar-refractivity contribution in [3.8, 4) is 11.3 Å². The number of primary amides is 1. The fraction of sp³-hybridized carbons (Fsp3) is 0.250. The zero-order valence-electron chi connectivity index (χ0n) is 9.88. The molecule has 6 nitrogen and oxygen atoms in total. The second kappa shape index (κ2) is 4.51. The van der Waals surface area contributed by atoms with E-state index in [1.165, 1.54) is 11.3 Å². The molecule has 7 heteroatoms. The third-order valence-electron chi connectivity index (χ3n) is 2.92. The topological polar surface area (TPSA) is 98.2 Å². The van der Waals surface area contributed by atoms with Crippen LogP contribution in [-0.4, -0.2) is 17.0 Å². The van der Waals surface area contributed by atoms with Gasteiger partial charge < -0.3 is 10.3 Å². The van der Waals surface area contributed by atoms with Gasteiger partial charge in [0, 0.05) is 16.9 Å². The van der Waals surface area contributed by atoms with Crippen LogP contribution in [0.2, 0.25) is 0 Å². The molecule has 1 aliphatic carbocycles. The standard InChI is InChI=1S/C12H11N3O3S/c13-10(16)8-9(7-3-4-19-5-7)15-18-12(8)14-11(17)6-1-2-6/h3-6H,1-2H2,(H2,13,16)(H,14,17). The van der Waals surface area contributed by atoms with E-state index in [4.69, 9.17) is 10.3 Å². The smallest absolute Gasteiger partial charge is 0.256 e. The van der Waals surface area contributed by atoms with Gasteiger partial charge in [0.05, 0.1) is 0 Å². The van der Waals surface area contributed by atoms with Crippen LogP contribution in [0.3, 0.4) is 0 Å². The Hall–Kier alpha value is -2.15.